The summed E-state index contributed by atoms with van der Waals surface area (Å²) in [6, 6.07) is 5.18. The van der Waals surface area contributed by atoms with Crippen molar-refractivity contribution in [2.45, 2.75) is 20.8 Å². The van der Waals surface area contributed by atoms with E-state index in [1.807, 2.05) is 6.92 Å². The fraction of sp³-hybridized carbons (Fsp3) is 0.231. The molecule has 1 aliphatic heterocycles. The lowest BCUT2D eigenvalue weighted by Gasteiger charge is -2.16. The molecular formula is C13H14N2O2. The summed E-state index contributed by atoms with van der Waals surface area (Å²) in [6.07, 6.45) is 0. The first-order valence-corrected chi connectivity index (χ1v) is 5.36. The van der Waals surface area contributed by atoms with Crippen LogP contribution in [0.15, 0.2) is 29.3 Å². The first-order chi connectivity index (χ1) is 7.93. The summed E-state index contributed by atoms with van der Waals surface area (Å²) in [7, 11) is 0. The second kappa shape index (κ2) is 3.73. The van der Waals surface area contributed by atoms with Crippen molar-refractivity contribution in [1.82, 2.24) is 0 Å². The zero-order valence-corrected chi connectivity index (χ0v) is 10.1. The Balaban J connectivity index is 2.47. The van der Waals surface area contributed by atoms with Gasteiger partial charge >= 0.3 is 0 Å². The number of imide groups is 1. The van der Waals surface area contributed by atoms with Crippen molar-refractivity contribution in [3.63, 3.8) is 0 Å². The van der Waals surface area contributed by atoms with Gasteiger partial charge in [-0.25, -0.2) is 4.90 Å². The van der Waals surface area contributed by atoms with E-state index in [1.54, 1.807) is 32.0 Å². The normalized spacial score (nSPS) is 16.1. The van der Waals surface area contributed by atoms with Gasteiger partial charge in [-0.05, 0) is 38.5 Å². The fourth-order valence-corrected chi connectivity index (χ4v) is 1.75. The van der Waals surface area contributed by atoms with E-state index in [-0.39, 0.29) is 11.8 Å². The Hall–Kier alpha value is -2.10. The summed E-state index contributed by atoms with van der Waals surface area (Å²) in [5.41, 5.74) is 8.80. The highest BCUT2D eigenvalue weighted by Gasteiger charge is 2.34. The molecule has 0 radical (unpaired) electrons. The van der Waals surface area contributed by atoms with E-state index in [1.165, 1.54) is 4.90 Å². The number of nitrogens with zero attached hydrogens (tertiary/aromatic N) is 1. The van der Waals surface area contributed by atoms with Crippen molar-refractivity contribution in [2.75, 3.05) is 10.6 Å². The Morgan fingerprint density at radius 3 is 2.00 bits per heavy atom. The number of aryl methyl sites for hydroxylation is 1. The number of benzene rings is 1. The van der Waals surface area contributed by atoms with Crippen molar-refractivity contribution < 1.29 is 9.59 Å². The summed E-state index contributed by atoms with van der Waals surface area (Å²) in [5, 5.41) is 0. The van der Waals surface area contributed by atoms with Crippen LogP contribution >= 0.6 is 0 Å². The second-order valence-corrected chi connectivity index (χ2v) is 4.24. The Morgan fingerprint density at radius 1 is 1.00 bits per heavy atom. The number of amides is 2. The number of carbonyl (C=O) groups excluding carboxylic acids is 2. The molecular weight excluding hydrogens is 216 g/mol. The monoisotopic (exact) mass is 230 g/mol. The molecule has 1 aromatic carbocycles. The van der Waals surface area contributed by atoms with Crippen molar-refractivity contribution >= 4 is 23.2 Å². The van der Waals surface area contributed by atoms with E-state index in [2.05, 4.69) is 0 Å². The van der Waals surface area contributed by atoms with Crippen LogP contribution in [0.3, 0.4) is 0 Å². The van der Waals surface area contributed by atoms with Crippen LogP contribution in [0.4, 0.5) is 11.4 Å². The van der Waals surface area contributed by atoms with Gasteiger partial charge in [0.15, 0.2) is 0 Å². The molecule has 2 amide bonds. The number of carbonyl (C=O) groups is 2. The fourth-order valence-electron chi connectivity index (χ4n) is 1.75. The lowest BCUT2D eigenvalue weighted by molar-refractivity contribution is -0.120. The average Bonchev–Trinajstić information content (AvgIpc) is 2.48. The molecule has 4 heteroatoms. The van der Waals surface area contributed by atoms with E-state index in [0.29, 0.717) is 22.5 Å². The van der Waals surface area contributed by atoms with Crippen LogP contribution in [0.5, 0.6) is 0 Å². The number of nitrogens with two attached hydrogens (primary N) is 1. The van der Waals surface area contributed by atoms with Crippen LogP contribution in [0.25, 0.3) is 0 Å². The predicted octanol–water partition coefficient (Wildman–Crippen LogP) is 1.79. The Labute approximate surface area is 99.7 Å². The summed E-state index contributed by atoms with van der Waals surface area (Å²) in [6.45, 7) is 5.20. The van der Waals surface area contributed by atoms with Gasteiger partial charge in [-0.3, -0.25) is 9.59 Å². The van der Waals surface area contributed by atoms with E-state index in [0.717, 1.165) is 5.56 Å². The Bertz CT molecular complexity index is 535. The molecule has 0 aliphatic carbocycles. The van der Waals surface area contributed by atoms with Gasteiger partial charge in [0.25, 0.3) is 11.8 Å². The first-order valence-electron chi connectivity index (χ1n) is 5.36. The molecule has 1 aromatic rings. The molecule has 1 heterocycles. The lowest BCUT2D eigenvalue weighted by atomic mass is 10.1. The summed E-state index contributed by atoms with van der Waals surface area (Å²) in [5.74, 6) is -0.536. The standard InChI is InChI=1S/C13H14N2O2/c1-7-4-5-10(6-11(7)14)15-12(16)8(2)9(3)13(15)17/h4-6H,14H2,1-3H3. The molecule has 0 aromatic heterocycles. The molecule has 0 bridgehead atoms. The Kier molecular flexibility index (Phi) is 2.50. The van der Waals surface area contributed by atoms with Gasteiger partial charge in [0.05, 0.1) is 5.69 Å². The molecule has 0 unspecified atom stereocenters. The second-order valence-electron chi connectivity index (χ2n) is 4.24. The maximum atomic E-state index is 11.9. The minimum Gasteiger partial charge on any atom is -0.398 e. The van der Waals surface area contributed by atoms with Crippen molar-refractivity contribution in [3.8, 4) is 0 Å². The molecule has 2 N–H and O–H groups in total. The number of rotatable bonds is 1. The van der Waals surface area contributed by atoms with Gasteiger partial charge in [0.1, 0.15) is 0 Å². The third-order valence-corrected chi connectivity index (χ3v) is 3.13. The number of hydrogen-bond acceptors (Lipinski definition) is 3. The third-order valence-electron chi connectivity index (χ3n) is 3.13. The molecule has 4 nitrogen and oxygen atoms in total. The van der Waals surface area contributed by atoms with Gasteiger partial charge in [-0.15, -0.1) is 0 Å². The van der Waals surface area contributed by atoms with Gasteiger partial charge < -0.3 is 5.73 Å². The first kappa shape index (κ1) is 11.4. The van der Waals surface area contributed by atoms with E-state index in [4.69, 9.17) is 5.73 Å². The number of anilines is 2. The quantitative estimate of drug-likeness (QED) is 0.591. The van der Waals surface area contributed by atoms with Gasteiger partial charge in [-0.2, -0.15) is 0 Å². The SMILES string of the molecule is CC1=C(C)C(=O)N(c2ccc(C)c(N)c2)C1=O. The highest BCUT2D eigenvalue weighted by atomic mass is 16.2. The zero-order chi connectivity index (χ0) is 12.7. The molecule has 1 aliphatic rings. The van der Waals surface area contributed by atoms with E-state index >= 15 is 0 Å². The van der Waals surface area contributed by atoms with Crippen LogP contribution in [-0.4, -0.2) is 11.8 Å². The lowest BCUT2D eigenvalue weighted by Crippen LogP contribution is -2.31. The van der Waals surface area contributed by atoms with Crippen LogP contribution < -0.4 is 10.6 Å². The smallest absolute Gasteiger partial charge is 0.261 e. The molecule has 0 atom stereocenters. The van der Waals surface area contributed by atoms with E-state index in [9.17, 15) is 9.59 Å². The number of hydrogen-bond donors (Lipinski definition) is 1. The number of nitrogen functional groups attached to an aromatic ring is 1. The minimum absolute atomic E-state index is 0.268. The topological polar surface area (TPSA) is 63.4 Å². The van der Waals surface area contributed by atoms with Gasteiger partial charge in [0.2, 0.25) is 0 Å². The third kappa shape index (κ3) is 1.62. The summed E-state index contributed by atoms with van der Waals surface area (Å²) >= 11 is 0. The maximum Gasteiger partial charge on any atom is 0.261 e. The predicted molar refractivity (Wildman–Crippen MR) is 66.5 cm³/mol. The molecule has 88 valence electrons. The molecule has 0 saturated carbocycles. The van der Waals surface area contributed by atoms with Crippen LogP contribution in [0.1, 0.15) is 19.4 Å². The molecule has 0 spiro atoms. The van der Waals surface area contributed by atoms with Crippen LogP contribution in [0.2, 0.25) is 0 Å². The minimum atomic E-state index is -0.268. The highest BCUT2D eigenvalue weighted by molar-refractivity contribution is 6.32. The van der Waals surface area contributed by atoms with E-state index < -0.39 is 0 Å². The Morgan fingerprint density at radius 2 is 1.53 bits per heavy atom. The van der Waals surface area contributed by atoms with Gasteiger partial charge in [0, 0.05) is 16.8 Å². The summed E-state index contributed by atoms with van der Waals surface area (Å²) < 4.78 is 0. The molecule has 17 heavy (non-hydrogen) atoms. The average molecular weight is 230 g/mol. The van der Waals surface area contributed by atoms with Crippen molar-refractivity contribution in [1.29, 1.82) is 0 Å². The van der Waals surface area contributed by atoms with Crippen molar-refractivity contribution in [3.05, 3.63) is 34.9 Å². The van der Waals surface area contributed by atoms with Crippen molar-refractivity contribution in [2.24, 2.45) is 0 Å². The highest BCUT2D eigenvalue weighted by Crippen LogP contribution is 2.28. The molecule has 2 rings (SSSR count). The largest absolute Gasteiger partial charge is 0.398 e. The summed E-state index contributed by atoms with van der Waals surface area (Å²) in [4.78, 5) is 25.0. The molecule has 0 fully saturated rings. The molecule has 0 saturated heterocycles. The van der Waals surface area contributed by atoms with Crippen LogP contribution in [-0.2, 0) is 9.59 Å². The maximum absolute atomic E-state index is 11.9. The van der Waals surface area contributed by atoms with Gasteiger partial charge in [-0.1, -0.05) is 6.07 Å². The van der Waals surface area contributed by atoms with Crippen LogP contribution in [0, 0.1) is 6.92 Å². The zero-order valence-electron chi connectivity index (χ0n) is 10.1.